The fourth-order valence-corrected chi connectivity index (χ4v) is 0.167. The Bertz CT molecular complexity index is 37.3. The molecule has 0 aromatic heterocycles. The molecule has 0 amide bonds. The summed E-state index contributed by atoms with van der Waals surface area (Å²) in [5, 5.41) is 0. The lowest BCUT2D eigenvalue weighted by Crippen LogP contribution is -1.81. The molecule has 0 heteroatoms. The van der Waals surface area contributed by atoms with E-state index >= 15 is 0 Å². The summed E-state index contributed by atoms with van der Waals surface area (Å²) in [7, 11) is 0. The van der Waals surface area contributed by atoms with E-state index in [1.54, 1.807) is 6.08 Å². The maximum Gasteiger partial charge on any atom is -0.00128 e. The quantitative estimate of drug-likeness (QED) is 0.444. The van der Waals surface area contributed by atoms with Crippen molar-refractivity contribution in [3.8, 4) is 0 Å². The minimum atomic E-state index is -0.0509. The van der Waals surface area contributed by atoms with E-state index in [0.717, 1.165) is 6.42 Å². The summed E-state index contributed by atoms with van der Waals surface area (Å²) in [5.41, 5.74) is 0. The Morgan fingerprint density at radius 2 is 2.50 bits per heavy atom. The van der Waals surface area contributed by atoms with Gasteiger partial charge in [-0.15, -0.1) is 6.58 Å². The van der Waals surface area contributed by atoms with Gasteiger partial charge in [0, 0.05) is 0 Å². The first-order valence-electron chi connectivity index (χ1n) is 2.15. The molecular weight excluding hydrogens is 72.1 g/mol. The Morgan fingerprint density at radius 3 is 2.50 bits per heavy atom. The van der Waals surface area contributed by atoms with Gasteiger partial charge in [-0.1, -0.05) is 13.0 Å². The molecule has 0 aromatic rings. The predicted molar refractivity (Wildman–Crippen MR) is 27.2 cm³/mol. The minimum Gasteiger partial charge on any atom is -0.103 e. The Balaban J connectivity index is 2.96. The zero-order chi connectivity index (χ0) is 4.99. The molecule has 0 heterocycles. The lowest BCUT2D eigenvalue weighted by atomic mass is 10.1. The molecule has 33 valence electrons. The van der Waals surface area contributed by atoms with Crippen molar-refractivity contribution < 1.29 is 0 Å². The maximum atomic E-state index is 6.95. The van der Waals surface area contributed by atoms with Crippen molar-refractivity contribution in [1.29, 1.82) is 0 Å². The smallest absolute Gasteiger partial charge is 0.00128 e. The molecule has 3 radical (unpaired) electrons. The SMILES string of the molecule is [C]C(C=C)CC. The first-order chi connectivity index (χ1) is 2.81. The highest BCUT2D eigenvalue weighted by Gasteiger charge is 1.85. The normalized spacial score (nSPS) is 13.7. The second-order valence-corrected chi connectivity index (χ2v) is 1.25. The van der Waals surface area contributed by atoms with Gasteiger partial charge >= 0.3 is 0 Å². The van der Waals surface area contributed by atoms with Crippen LogP contribution in [0.4, 0.5) is 0 Å². The molecule has 6 heavy (non-hydrogen) atoms. The van der Waals surface area contributed by atoms with E-state index in [9.17, 15) is 0 Å². The van der Waals surface area contributed by atoms with Crippen molar-refractivity contribution in [2.75, 3.05) is 0 Å². The average Bonchev–Trinajstić information content (AvgIpc) is 1.65. The van der Waals surface area contributed by atoms with Crippen LogP contribution in [-0.4, -0.2) is 0 Å². The largest absolute Gasteiger partial charge is 0.103 e. The molecule has 0 rings (SSSR count). The van der Waals surface area contributed by atoms with Crippen LogP contribution in [0.15, 0.2) is 12.7 Å². The third-order valence-electron chi connectivity index (χ3n) is 0.724. The first-order valence-corrected chi connectivity index (χ1v) is 2.15. The molecule has 1 unspecified atom stereocenters. The average molecular weight is 81.1 g/mol. The summed E-state index contributed by atoms with van der Waals surface area (Å²) >= 11 is 0. The molecule has 0 saturated carbocycles. The van der Waals surface area contributed by atoms with E-state index < -0.39 is 0 Å². The topological polar surface area (TPSA) is 0 Å². The molecular formula is C6H9. The Morgan fingerprint density at radius 1 is 2.00 bits per heavy atom. The van der Waals surface area contributed by atoms with Gasteiger partial charge in [-0.05, 0) is 19.3 Å². The Hall–Kier alpha value is -0.260. The van der Waals surface area contributed by atoms with Crippen LogP contribution in [0, 0.1) is 12.8 Å². The van der Waals surface area contributed by atoms with Gasteiger partial charge < -0.3 is 0 Å². The van der Waals surface area contributed by atoms with E-state index in [1.807, 2.05) is 6.92 Å². The molecule has 0 aliphatic carbocycles. The summed E-state index contributed by atoms with van der Waals surface area (Å²) in [4.78, 5) is 0. The monoisotopic (exact) mass is 81.1 g/mol. The van der Waals surface area contributed by atoms with Gasteiger partial charge in [-0.25, -0.2) is 0 Å². The maximum absolute atomic E-state index is 6.95. The van der Waals surface area contributed by atoms with Crippen molar-refractivity contribution in [3.05, 3.63) is 19.6 Å². The minimum absolute atomic E-state index is 0.0509. The number of allylic oxidation sites excluding steroid dienone is 1. The van der Waals surface area contributed by atoms with E-state index in [-0.39, 0.29) is 5.92 Å². The zero-order valence-corrected chi connectivity index (χ0v) is 4.07. The van der Waals surface area contributed by atoms with Crippen LogP contribution in [-0.2, 0) is 0 Å². The molecule has 0 aromatic carbocycles. The lowest BCUT2D eigenvalue weighted by molar-refractivity contribution is 0.772. The molecule has 0 N–H and O–H groups in total. The number of hydrogen-bond acceptors (Lipinski definition) is 0. The van der Waals surface area contributed by atoms with Crippen LogP contribution >= 0.6 is 0 Å². The highest BCUT2D eigenvalue weighted by molar-refractivity contribution is 4.78. The third kappa shape index (κ3) is 2.01. The Labute approximate surface area is 39.9 Å². The van der Waals surface area contributed by atoms with Gasteiger partial charge in [0.2, 0.25) is 0 Å². The van der Waals surface area contributed by atoms with E-state index in [1.165, 1.54) is 0 Å². The fraction of sp³-hybridized carbons (Fsp3) is 0.500. The van der Waals surface area contributed by atoms with Crippen LogP contribution in [0.25, 0.3) is 0 Å². The van der Waals surface area contributed by atoms with Crippen LogP contribution in [0.5, 0.6) is 0 Å². The van der Waals surface area contributed by atoms with Crippen molar-refractivity contribution in [3.63, 3.8) is 0 Å². The van der Waals surface area contributed by atoms with Gasteiger partial charge in [0.1, 0.15) is 0 Å². The number of rotatable bonds is 2. The summed E-state index contributed by atoms with van der Waals surface area (Å²) in [6.45, 7) is 12.4. The third-order valence-corrected chi connectivity index (χ3v) is 0.724. The standard InChI is InChI=1S/C6H9/c1-4-6(3)5-2/h4,6H,1,5H2,2H3. The van der Waals surface area contributed by atoms with Gasteiger partial charge in [0.05, 0.1) is 0 Å². The van der Waals surface area contributed by atoms with Crippen molar-refractivity contribution in [2.45, 2.75) is 13.3 Å². The molecule has 0 saturated heterocycles. The summed E-state index contributed by atoms with van der Waals surface area (Å²) in [5.74, 6) is -0.0509. The van der Waals surface area contributed by atoms with Crippen LogP contribution < -0.4 is 0 Å². The Kier molecular flexibility index (Phi) is 2.82. The van der Waals surface area contributed by atoms with Crippen molar-refractivity contribution in [1.82, 2.24) is 0 Å². The lowest BCUT2D eigenvalue weighted by Gasteiger charge is -1.92. The summed E-state index contributed by atoms with van der Waals surface area (Å²) in [6.07, 6.45) is 2.52. The van der Waals surface area contributed by atoms with Gasteiger partial charge in [-0.2, -0.15) is 0 Å². The number of hydrogen-bond donors (Lipinski definition) is 0. The molecule has 0 fully saturated rings. The van der Waals surface area contributed by atoms with Crippen molar-refractivity contribution >= 4 is 0 Å². The van der Waals surface area contributed by atoms with E-state index in [2.05, 4.69) is 6.58 Å². The molecule has 0 bridgehead atoms. The van der Waals surface area contributed by atoms with Gasteiger partial charge in [-0.3, -0.25) is 0 Å². The first kappa shape index (κ1) is 5.74. The van der Waals surface area contributed by atoms with Gasteiger partial charge in [0.25, 0.3) is 0 Å². The van der Waals surface area contributed by atoms with E-state index in [4.69, 9.17) is 6.92 Å². The second kappa shape index (κ2) is 2.95. The highest BCUT2D eigenvalue weighted by atomic mass is 13.9. The summed E-state index contributed by atoms with van der Waals surface area (Å²) in [6, 6.07) is 0. The van der Waals surface area contributed by atoms with Gasteiger partial charge in [0.15, 0.2) is 0 Å². The predicted octanol–water partition coefficient (Wildman–Crippen LogP) is 1.79. The molecule has 0 aliphatic rings. The zero-order valence-electron chi connectivity index (χ0n) is 4.07. The molecule has 0 spiro atoms. The molecule has 0 nitrogen and oxygen atoms in total. The fourth-order valence-electron chi connectivity index (χ4n) is 0.167. The second-order valence-electron chi connectivity index (χ2n) is 1.25. The molecule has 0 aliphatic heterocycles. The van der Waals surface area contributed by atoms with Crippen LogP contribution in [0.3, 0.4) is 0 Å². The van der Waals surface area contributed by atoms with Crippen LogP contribution in [0.1, 0.15) is 13.3 Å². The molecule has 1 atom stereocenters. The van der Waals surface area contributed by atoms with Crippen LogP contribution in [0.2, 0.25) is 0 Å². The summed E-state index contributed by atoms with van der Waals surface area (Å²) < 4.78 is 0. The van der Waals surface area contributed by atoms with E-state index in [0.29, 0.717) is 0 Å². The highest BCUT2D eigenvalue weighted by Crippen LogP contribution is 1.97. The van der Waals surface area contributed by atoms with Crippen molar-refractivity contribution in [2.24, 2.45) is 5.92 Å².